The van der Waals surface area contributed by atoms with Crippen LogP contribution in [-0.4, -0.2) is 55.3 Å². The summed E-state index contributed by atoms with van der Waals surface area (Å²) < 4.78 is 0. The van der Waals surface area contributed by atoms with Crippen LogP contribution in [0.4, 0.5) is 0 Å². The monoisotopic (exact) mass is 372 g/mol. The van der Waals surface area contributed by atoms with Crippen LogP contribution in [0.1, 0.15) is 58.1 Å². The Bertz CT molecular complexity index is 624. The minimum absolute atomic E-state index is 0.0258. The Hall–Kier alpha value is -1.88. The molecule has 1 aromatic rings. The lowest BCUT2D eigenvalue weighted by atomic mass is 9.92. The van der Waals surface area contributed by atoms with Crippen LogP contribution < -0.4 is 5.32 Å². The fourth-order valence-electron chi connectivity index (χ4n) is 3.72. The van der Waals surface area contributed by atoms with E-state index in [4.69, 9.17) is 5.10 Å². The highest BCUT2D eigenvalue weighted by atomic mass is 16.2. The zero-order chi connectivity index (χ0) is 19.9. The maximum atomic E-state index is 12.7. The van der Waals surface area contributed by atoms with E-state index >= 15 is 0 Å². The second-order valence-electron chi connectivity index (χ2n) is 8.63. The van der Waals surface area contributed by atoms with Crippen LogP contribution in [0.3, 0.4) is 0 Å². The highest BCUT2D eigenvalue weighted by Crippen LogP contribution is 2.31. The highest BCUT2D eigenvalue weighted by Gasteiger charge is 2.31. The largest absolute Gasteiger partial charge is 0.350 e. The van der Waals surface area contributed by atoms with E-state index in [1.54, 1.807) is 0 Å². The van der Waals surface area contributed by atoms with Gasteiger partial charge in [-0.2, -0.15) is 5.10 Å². The summed E-state index contributed by atoms with van der Waals surface area (Å²) in [5.41, 5.74) is 1.91. The number of hydrazone groups is 1. The summed E-state index contributed by atoms with van der Waals surface area (Å²) in [4.78, 5) is 14.9. The van der Waals surface area contributed by atoms with Crippen LogP contribution in [0.2, 0.25) is 0 Å². The van der Waals surface area contributed by atoms with Gasteiger partial charge in [0.25, 0.3) is 5.91 Å². The van der Waals surface area contributed by atoms with Gasteiger partial charge >= 0.3 is 0 Å². The molecule has 1 amide bonds. The lowest BCUT2D eigenvalue weighted by Gasteiger charge is -2.28. The smallest absolute Gasteiger partial charge is 0.267 e. The van der Waals surface area contributed by atoms with Crippen LogP contribution in [0, 0.1) is 5.41 Å². The summed E-state index contributed by atoms with van der Waals surface area (Å²) in [6.45, 7) is 9.03. The molecule has 0 fully saturated rings. The molecule has 5 nitrogen and oxygen atoms in total. The maximum Gasteiger partial charge on any atom is 0.267 e. The fourth-order valence-corrected chi connectivity index (χ4v) is 3.72. The summed E-state index contributed by atoms with van der Waals surface area (Å²) in [6.07, 6.45) is 4.15. The Labute approximate surface area is 164 Å². The van der Waals surface area contributed by atoms with Crippen molar-refractivity contribution in [3.8, 4) is 0 Å². The Kier molecular flexibility index (Phi) is 7.84. The Morgan fingerprint density at radius 1 is 1.26 bits per heavy atom. The van der Waals surface area contributed by atoms with E-state index in [0.717, 1.165) is 19.5 Å². The SMILES string of the molecule is CCCCCN1N=C(C(=O)NCC(C)(C)CN(C)C)CC1c1ccccc1. The summed E-state index contributed by atoms with van der Waals surface area (Å²) >= 11 is 0. The van der Waals surface area contributed by atoms with Crippen molar-refractivity contribution in [3.05, 3.63) is 35.9 Å². The van der Waals surface area contributed by atoms with Gasteiger partial charge in [-0.05, 0) is 31.5 Å². The van der Waals surface area contributed by atoms with Crippen molar-refractivity contribution in [2.75, 3.05) is 33.7 Å². The van der Waals surface area contributed by atoms with Gasteiger partial charge in [-0.15, -0.1) is 0 Å². The molecular weight excluding hydrogens is 336 g/mol. The molecule has 0 spiro atoms. The predicted molar refractivity (Wildman–Crippen MR) is 113 cm³/mol. The number of hydrogen-bond acceptors (Lipinski definition) is 4. The number of amides is 1. The highest BCUT2D eigenvalue weighted by molar-refractivity contribution is 6.39. The molecule has 1 atom stereocenters. The normalized spacial score (nSPS) is 17.3. The number of carbonyl (C=O) groups is 1. The molecule has 0 saturated heterocycles. The first-order chi connectivity index (χ1) is 12.8. The van der Waals surface area contributed by atoms with E-state index in [0.29, 0.717) is 18.7 Å². The first kappa shape index (κ1) is 21.4. The average molecular weight is 373 g/mol. The third-order valence-electron chi connectivity index (χ3n) is 4.90. The van der Waals surface area contributed by atoms with Crippen LogP contribution in [0.15, 0.2) is 35.4 Å². The van der Waals surface area contributed by atoms with Gasteiger partial charge in [-0.3, -0.25) is 9.80 Å². The van der Waals surface area contributed by atoms with Gasteiger partial charge in [0.15, 0.2) is 0 Å². The Balaban J connectivity index is 2.02. The first-order valence-electron chi connectivity index (χ1n) is 10.1. The van der Waals surface area contributed by atoms with E-state index in [1.165, 1.54) is 18.4 Å². The van der Waals surface area contributed by atoms with Crippen molar-refractivity contribution in [2.24, 2.45) is 10.5 Å². The summed E-state index contributed by atoms with van der Waals surface area (Å²) in [6, 6.07) is 10.6. The van der Waals surface area contributed by atoms with E-state index in [1.807, 2.05) is 6.07 Å². The molecule has 1 aromatic carbocycles. The van der Waals surface area contributed by atoms with Crippen molar-refractivity contribution in [3.63, 3.8) is 0 Å². The molecule has 27 heavy (non-hydrogen) atoms. The van der Waals surface area contributed by atoms with E-state index in [9.17, 15) is 4.79 Å². The van der Waals surface area contributed by atoms with Crippen LogP contribution >= 0.6 is 0 Å². The molecule has 0 bridgehead atoms. The third-order valence-corrected chi connectivity index (χ3v) is 4.90. The standard InChI is InChI=1S/C22H36N4O/c1-6-7-11-14-26-20(18-12-9-8-10-13-18)15-19(24-26)21(27)23-16-22(2,3)17-25(4)5/h8-10,12-13,20H,6-7,11,14-17H2,1-5H3,(H,23,27). The molecular formula is C22H36N4O. The molecule has 0 saturated carbocycles. The van der Waals surface area contributed by atoms with Gasteiger partial charge in [0.1, 0.15) is 5.71 Å². The van der Waals surface area contributed by atoms with Gasteiger partial charge in [0.05, 0.1) is 6.04 Å². The molecule has 150 valence electrons. The van der Waals surface area contributed by atoms with Crippen molar-refractivity contribution < 1.29 is 4.79 Å². The number of unbranched alkanes of at least 4 members (excludes halogenated alkanes) is 2. The minimum Gasteiger partial charge on any atom is -0.350 e. The van der Waals surface area contributed by atoms with Crippen LogP contribution in [-0.2, 0) is 4.79 Å². The van der Waals surface area contributed by atoms with Gasteiger partial charge in [-0.1, -0.05) is 63.9 Å². The van der Waals surface area contributed by atoms with Gasteiger partial charge in [0, 0.05) is 26.1 Å². The first-order valence-corrected chi connectivity index (χ1v) is 10.1. The lowest BCUT2D eigenvalue weighted by Crippen LogP contribution is -2.42. The van der Waals surface area contributed by atoms with Crippen molar-refractivity contribution in [1.29, 1.82) is 0 Å². The lowest BCUT2D eigenvalue weighted by molar-refractivity contribution is -0.115. The van der Waals surface area contributed by atoms with Crippen molar-refractivity contribution in [1.82, 2.24) is 15.2 Å². The predicted octanol–water partition coefficient (Wildman–Crippen LogP) is 3.68. The van der Waals surface area contributed by atoms with Gasteiger partial charge in [-0.25, -0.2) is 0 Å². The fraction of sp³-hybridized carbons (Fsp3) is 0.636. The molecule has 2 rings (SSSR count). The van der Waals surface area contributed by atoms with E-state index in [2.05, 4.69) is 74.4 Å². The Morgan fingerprint density at radius 3 is 2.59 bits per heavy atom. The maximum absolute atomic E-state index is 12.7. The number of nitrogens with zero attached hydrogens (tertiary/aromatic N) is 3. The second-order valence-corrected chi connectivity index (χ2v) is 8.63. The summed E-state index contributed by atoms with van der Waals surface area (Å²) in [5, 5.41) is 9.93. The molecule has 1 aliphatic rings. The number of carbonyl (C=O) groups excluding carboxylic acids is 1. The molecule has 0 aliphatic carbocycles. The van der Waals surface area contributed by atoms with Gasteiger partial charge in [0.2, 0.25) is 0 Å². The van der Waals surface area contributed by atoms with Crippen LogP contribution in [0.25, 0.3) is 0 Å². The van der Waals surface area contributed by atoms with E-state index < -0.39 is 0 Å². The molecule has 0 aromatic heterocycles. The molecule has 5 heteroatoms. The van der Waals surface area contributed by atoms with Crippen molar-refractivity contribution in [2.45, 2.75) is 52.5 Å². The van der Waals surface area contributed by atoms with Gasteiger partial charge < -0.3 is 10.2 Å². The summed E-state index contributed by atoms with van der Waals surface area (Å²) in [7, 11) is 4.12. The minimum atomic E-state index is -0.0271. The Morgan fingerprint density at radius 2 is 1.96 bits per heavy atom. The third kappa shape index (κ3) is 6.65. The molecule has 1 heterocycles. The number of rotatable bonds is 10. The quantitative estimate of drug-likeness (QED) is 0.637. The zero-order valence-corrected chi connectivity index (χ0v) is 17.7. The topological polar surface area (TPSA) is 47.9 Å². The summed E-state index contributed by atoms with van der Waals surface area (Å²) in [5.74, 6) is -0.0271. The van der Waals surface area contributed by atoms with E-state index in [-0.39, 0.29) is 17.4 Å². The van der Waals surface area contributed by atoms with Crippen molar-refractivity contribution >= 4 is 11.6 Å². The number of benzene rings is 1. The molecule has 1 unspecified atom stereocenters. The zero-order valence-electron chi connectivity index (χ0n) is 17.7. The molecule has 1 N–H and O–H groups in total. The average Bonchev–Trinajstić information content (AvgIpc) is 3.04. The van der Waals surface area contributed by atoms with Crippen LogP contribution in [0.5, 0.6) is 0 Å². The number of hydrogen-bond donors (Lipinski definition) is 1. The number of nitrogens with one attached hydrogen (secondary N) is 1. The molecule has 0 radical (unpaired) electrons. The molecule has 1 aliphatic heterocycles. The second kappa shape index (κ2) is 9.88.